The van der Waals surface area contributed by atoms with Gasteiger partial charge in [-0.1, -0.05) is 87.4 Å². The Morgan fingerprint density at radius 1 is 0.571 bits per heavy atom. The number of unbranched alkanes of at least 4 members (excludes halogenated alkanes) is 2. The number of aliphatic hydroxyl groups excluding tert-OH is 8. The van der Waals surface area contributed by atoms with Crippen LogP contribution in [0.4, 0.5) is 0 Å². The number of hydrogen-bond acceptors (Lipinski definition) is 24. The van der Waals surface area contributed by atoms with Crippen molar-refractivity contribution in [1.29, 1.82) is 0 Å². The molecule has 30 heteroatoms. The van der Waals surface area contributed by atoms with Crippen LogP contribution in [0.15, 0.2) is 97.1 Å². The summed E-state index contributed by atoms with van der Waals surface area (Å²) in [6, 6.07) is 16.9. The molecule has 7 rings (SSSR count). The lowest BCUT2D eigenvalue weighted by molar-refractivity contribution is -0.148. The lowest BCUT2D eigenvalue weighted by Gasteiger charge is -2.33. The Kier molecular flexibility index (Phi) is 37.1. The van der Waals surface area contributed by atoms with Crippen molar-refractivity contribution >= 4 is 41.2 Å². The highest BCUT2D eigenvalue weighted by atomic mass is 16.6. The van der Waals surface area contributed by atoms with Crippen molar-refractivity contribution in [3.8, 4) is 33.8 Å². The SMILES string of the molecule is CCCCCOc1ccc(-c2ccc(-c3ccc(C(=O)N[C@H]4C[C@@H](O)[C@@H](C)NC(=O)C5[C@@H](O)[C@@H](C)CN5C(=O)C([C@@H](C)O)NC(=O)C([C@H](O)[C@@H](O)c5ccc(O)cc5)CC(=O)C5C[C@@H](O)CN5C(=O)C([C@@H](C)O)NC4=O)cc3)cc2)cc1.COCCOCCOCCOCCOCCOCCOCCO. The molecule has 0 spiro atoms. The summed E-state index contributed by atoms with van der Waals surface area (Å²) >= 11 is 0. The molecule has 3 aliphatic heterocycles. The molecule has 15 atom stereocenters. The largest absolute Gasteiger partial charge is 0.508 e. The van der Waals surface area contributed by atoms with Crippen LogP contribution in [0.1, 0.15) is 95.2 Å². The molecule has 5 unspecified atom stereocenters. The Morgan fingerprint density at radius 2 is 1.05 bits per heavy atom. The number of aromatic hydroxyl groups is 1. The molecular weight excluding hydrogens is 1370 g/mol. The number of aliphatic hydroxyl groups is 8. The van der Waals surface area contributed by atoms with Gasteiger partial charge in [0.05, 0.1) is 154 Å². The molecule has 0 saturated carbocycles. The van der Waals surface area contributed by atoms with E-state index < -0.39 is 158 Å². The number of carbonyl (C=O) groups excluding carboxylic acids is 7. The van der Waals surface area contributed by atoms with Crippen molar-refractivity contribution in [2.24, 2.45) is 11.8 Å². The van der Waals surface area contributed by atoms with E-state index in [-0.39, 0.29) is 30.0 Å². The third-order valence-corrected chi connectivity index (χ3v) is 18.2. The molecule has 105 heavy (non-hydrogen) atoms. The number of amides is 6. The van der Waals surface area contributed by atoms with Crippen LogP contribution < -0.4 is 26.0 Å². The molecule has 0 aromatic heterocycles. The van der Waals surface area contributed by atoms with E-state index in [4.69, 9.17) is 43.0 Å². The van der Waals surface area contributed by atoms with Crippen LogP contribution in [0.2, 0.25) is 0 Å². The van der Waals surface area contributed by atoms with Gasteiger partial charge in [-0.15, -0.1) is 0 Å². The number of phenols is 1. The van der Waals surface area contributed by atoms with E-state index in [1.807, 2.05) is 48.5 Å². The van der Waals surface area contributed by atoms with Gasteiger partial charge >= 0.3 is 0 Å². The topological polar surface area (TPSA) is 430 Å². The Bertz CT molecular complexity index is 3260. The maximum absolute atomic E-state index is 14.5. The van der Waals surface area contributed by atoms with Crippen LogP contribution in [0.25, 0.3) is 22.3 Å². The molecule has 0 bridgehead atoms. The van der Waals surface area contributed by atoms with Crippen LogP contribution in [0.5, 0.6) is 11.5 Å². The van der Waals surface area contributed by atoms with Gasteiger partial charge in [-0.3, -0.25) is 33.6 Å². The molecule has 3 fully saturated rings. The third kappa shape index (κ3) is 27.0. The van der Waals surface area contributed by atoms with Crippen molar-refractivity contribution in [1.82, 2.24) is 31.1 Å². The van der Waals surface area contributed by atoms with E-state index in [0.29, 0.717) is 92.5 Å². The average Bonchev–Trinajstić information content (AvgIpc) is 1.66. The highest BCUT2D eigenvalue weighted by Crippen LogP contribution is 2.32. The maximum Gasteiger partial charge on any atom is 0.251 e. The molecule has 3 heterocycles. The standard InChI is InChI=1S/C60H76N6O16.C15H32O8/c1-6-7-8-25-82-43-23-19-38(20-24-43)36-11-9-35(10-12-36)37-13-15-40(16-14-37)55(76)62-45-28-47(71)32(3)61-58(79)51-52(73)31(2)29-66(51)60(81)50(34(5)68)63-56(77)44(54(75)53(74)39-17-21-41(69)22-18-39)27-48(72)46-26-42(70)30-65(46)59(80)49(33(4)67)64-57(45)78;1-17-4-5-19-8-9-21-12-13-23-15-14-22-11-10-20-7-6-18-3-2-16/h9-24,31-34,42,44-47,49-54,67-71,73-75H,6-8,25-30H2,1-5H3,(H,61,79)(H,62,76)(H,63,77)(H,64,78);16H,2-15H2,1H3/t31-,32+,33+,34+,42+,44?,45-,46?,47+,49?,50?,51?,52-,53-,54-;/m0./s1. The van der Waals surface area contributed by atoms with Crippen molar-refractivity contribution in [2.75, 3.05) is 119 Å². The zero-order valence-electron chi connectivity index (χ0n) is 60.7. The summed E-state index contributed by atoms with van der Waals surface area (Å²) in [6.45, 7) is 14.1. The number of ketones is 1. The van der Waals surface area contributed by atoms with Gasteiger partial charge in [0.25, 0.3) is 5.91 Å². The second kappa shape index (κ2) is 45.1. The molecule has 6 amide bonds. The number of phenolic OH excluding ortho intramolecular Hbond substituents is 1. The van der Waals surface area contributed by atoms with E-state index >= 15 is 0 Å². The summed E-state index contributed by atoms with van der Waals surface area (Å²) in [5, 5.41) is 108. The van der Waals surface area contributed by atoms with E-state index in [2.05, 4.69) is 28.2 Å². The van der Waals surface area contributed by atoms with Gasteiger partial charge in [0.1, 0.15) is 41.8 Å². The van der Waals surface area contributed by atoms with Crippen LogP contribution >= 0.6 is 0 Å². The number of carbonyl (C=O) groups is 7. The summed E-state index contributed by atoms with van der Waals surface area (Å²) in [5.41, 5.74) is 3.61. The first-order valence-electron chi connectivity index (χ1n) is 35.8. The molecule has 30 nitrogen and oxygen atoms in total. The first-order valence-corrected chi connectivity index (χ1v) is 35.8. The van der Waals surface area contributed by atoms with Crippen LogP contribution in [0, 0.1) is 11.8 Å². The molecule has 0 radical (unpaired) electrons. The predicted octanol–water partition coefficient (Wildman–Crippen LogP) is 0.958. The van der Waals surface area contributed by atoms with Crippen molar-refractivity contribution in [2.45, 2.75) is 152 Å². The smallest absolute Gasteiger partial charge is 0.251 e. The van der Waals surface area contributed by atoms with Gasteiger partial charge in [-0.25, -0.2) is 0 Å². The highest BCUT2D eigenvalue weighted by Gasteiger charge is 2.50. The zero-order chi connectivity index (χ0) is 76.5. The van der Waals surface area contributed by atoms with E-state index in [9.17, 15) is 74.4 Å². The summed E-state index contributed by atoms with van der Waals surface area (Å²) in [7, 11) is 1.64. The third-order valence-electron chi connectivity index (χ3n) is 18.2. The quantitative estimate of drug-likeness (QED) is 0.0290. The van der Waals surface area contributed by atoms with E-state index in [1.165, 1.54) is 50.2 Å². The first-order chi connectivity index (χ1) is 50.4. The first kappa shape index (κ1) is 86.3. The molecule has 3 aliphatic rings. The summed E-state index contributed by atoms with van der Waals surface area (Å²) in [5.74, 6) is -9.40. The van der Waals surface area contributed by atoms with E-state index in [1.54, 1.807) is 19.2 Å². The average molecular weight is 1480 g/mol. The number of fused-ring (bicyclic) bond motifs is 2. The van der Waals surface area contributed by atoms with Gasteiger partial charge in [0.2, 0.25) is 29.5 Å². The molecule has 4 aromatic carbocycles. The number of methoxy groups -OCH3 is 1. The van der Waals surface area contributed by atoms with Gasteiger partial charge in [0.15, 0.2) is 5.78 Å². The van der Waals surface area contributed by atoms with Crippen LogP contribution in [-0.2, 0) is 61.9 Å². The van der Waals surface area contributed by atoms with Crippen molar-refractivity contribution < 1.29 is 117 Å². The zero-order valence-corrected chi connectivity index (χ0v) is 60.7. The fourth-order valence-corrected chi connectivity index (χ4v) is 12.1. The van der Waals surface area contributed by atoms with Gasteiger partial charge in [-0.05, 0) is 91.4 Å². The highest BCUT2D eigenvalue weighted by molar-refractivity contribution is 6.00. The predicted molar refractivity (Wildman–Crippen MR) is 382 cm³/mol. The lowest BCUT2D eigenvalue weighted by atomic mass is 9.86. The fourth-order valence-electron chi connectivity index (χ4n) is 12.1. The summed E-state index contributed by atoms with van der Waals surface area (Å²) in [6.07, 6.45) is -10.9. The van der Waals surface area contributed by atoms with Crippen molar-refractivity contribution in [3.63, 3.8) is 0 Å². The van der Waals surface area contributed by atoms with Gasteiger partial charge in [0, 0.05) is 50.9 Å². The number of Topliss-reactive ketones (excluding diaryl/α,β-unsaturated/α-hetero) is 1. The molecule has 582 valence electrons. The minimum Gasteiger partial charge on any atom is -0.508 e. The van der Waals surface area contributed by atoms with Crippen LogP contribution in [0.3, 0.4) is 0 Å². The fraction of sp³-hybridized carbons (Fsp3) is 0.587. The molecule has 0 aliphatic carbocycles. The minimum atomic E-state index is -2.15. The molecule has 3 saturated heterocycles. The van der Waals surface area contributed by atoms with Crippen molar-refractivity contribution in [3.05, 3.63) is 108 Å². The van der Waals surface area contributed by atoms with Gasteiger partial charge < -0.3 is 115 Å². The number of nitrogens with zero attached hydrogens (tertiary/aromatic N) is 2. The van der Waals surface area contributed by atoms with Gasteiger partial charge in [-0.2, -0.15) is 0 Å². The number of rotatable bonds is 34. The summed E-state index contributed by atoms with van der Waals surface area (Å²) in [4.78, 5) is 103. The van der Waals surface area contributed by atoms with E-state index in [0.717, 1.165) is 70.9 Å². The Balaban J connectivity index is 0.000000643. The Hall–Kier alpha value is -7.63. The number of nitrogens with one attached hydrogen (secondary N) is 4. The van der Waals surface area contributed by atoms with Crippen LogP contribution in [-0.4, -0.2) is 289 Å². The molecule has 4 aromatic rings. The normalized spacial score (nSPS) is 24.0. The second-order valence-electron chi connectivity index (χ2n) is 26.3. The monoisotopic (exact) mass is 1480 g/mol. The molecular formula is C75H108N6O24. The lowest BCUT2D eigenvalue weighted by Crippen LogP contribution is -2.61. The number of benzene rings is 4. The summed E-state index contributed by atoms with van der Waals surface area (Å²) < 4.78 is 42.3. The second-order valence-corrected chi connectivity index (χ2v) is 26.3. The number of ether oxygens (including phenoxy) is 8. The Labute approximate surface area is 612 Å². The molecule has 13 N–H and O–H groups in total. The minimum absolute atomic E-state index is 0.0141. The Morgan fingerprint density at radius 3 is 1.54 bits per heavy atom. The maximum atomic E-state index is 14.5. The number of hydrogen-bond donors (Lipinski definition) is 13.